The zero-order chi connectivity index (χ0) is 22.9. The molecular formula is C27H33N5O. The van der Waals surface area contributed by atoms with Crippen LogP contribution >= 0.6 is 0 Å². The van der Waals surface area contributed by atoms with Crippen molar-refractivity contribution in [2.75, 3.05) is 20.2 Å². The molecule has 5 rings (SSSR count). The van der Waals surface area contributed by atoms with Crippen molar-refractivity contribution in [3.05, 3.63) is 71.5 Å². The molecule has 1 aliphatic rings. The Morgan fingerprint density at radius 2 is 1.88 bits per heavy atom. The van der Waals surface area contributed by atoms with E-state index in [1.807, 2.05) is 6.07 Å². The SMILES string of the molecule is COc1ccc2cc(C3NNCC3CNC(c3nc4ccc(C)cc4[nH]3)C(C)C)ccc2c1. The Morgan fingerprint density at radius 1 is 1.06 bits per heavy atom. The van der Waals surface area contributed by atoms with Crippen LogP contribution in [0.4, 0.5) is 0 Å². The van der Waals surface area contributed by atoms with Gasteiger partial charge in [0.25, 0.3) is 0 Å². The average molecular weight is 444 g/mol. The topological polar surface area (TPSA) is 74.0 Å². The third kappa shape index (κ3) is 4.47. The van der Waals surface area contributed by atoms with Gasteiger partial charge in [-0.2, -0.15) is 0 Å². The molecule has 3 unspecified atom stereocenters. The zero-order valence-electron chi connectivity index (χ0n) is 19.8. The largest absolute Gasteiger partial charge is 0.497 e. The minimum atomic E-state index is 0.169. The van der Waals surface area contributed by atoms with Gasteiger partial charge in [0.05, 0.1) is 30.2 Å². The Balaban J connectivity index is 1.33. The summed E-state index contributed by atoms with van der Waals surface area (Å²) in [7, 11) is 1.71. The highest BCUT2D eigenvalue weighted by atomic mass is 16.5. The summed E-state index contributed by atoms with van der Waals surface area (Å²) in [5.74, 6) is 2.75. The highest BCUT2D eigenvalue weighted by molar-refractivity contribution is 5.84. The lowest BCUT2D eigenvalue weighted by atomic mass is 9.92. The number of methoxy groups -OCH3 is 1. The normalized spacial score (nSPS) is 19.5. The van der Waals surface area contributed by atoms with Crippen molar-refractivity contribution >= 4 is 21.8 Å². The standard InChI is InChI=1S/C27H33N5O/c1-16(2)25(27-30-23-10-5-17(3)11-24(23)31-27)28-14-21-15-29-32-26(21)20-7-6-19-13-22(33-4)9-8-18(19)12-20/h5-13,16,21,25-26,28-29,32H,14-15H2,1-4H3,(H,30,31). The van der Waals surface area contributed by atoms with E-state index < -0.39 is 0 Å². The summed E-state index contributed by atoms with van der Waals surface area (Å²) in [6, 6.07) is 19.7. The summed E-state index contributed by atoms with van der Waals surface area (Å²) >= 11 is 0. The minimum absolute atomic E-state index is 0.169. The van der Waals surface area contributed by atoms with Gasteiger partial charge in [-0.25, -0.2) is 10.4 Å². The quantitative estimate of drug-likeness (QED) is 0.331. The number of nitrogens with zero attached hydrogens (tertiary/aromatic N) is 1. The molecule has 0 saturated carbocycles. The van der Waals surface area contributed by atoms with Gasteiger partial charge in [0, 0.05) is 19.0 Å². The first-order valence-corrected chi connectivity index (χ1v) is 11.8. The van der Waals surface area contributed by atoms with E-state index >= 15 is 0 Å². The Kier molecular flexibility index (Phi) is 6.06. The average Bonchev–Trinajstić information content (AvgIpc) is 3.45. The second-order valence-corrected chi connectivity index (χ2v) is 9.51. The van der Waals surface area contributed by atoms with Crippen molar-refractivity contribution in [1.82, 2.24) is 26.1 Å². The van der Waals surface area contributed by atoms with Crippen molar-refractivity contribution in [3.63, 3.8) is 0 Å². The molecule has 4 aromatic rings. The van der Waals surface area contributed by atoms with Gasteiger partial charge in [0.2, 0.25) is 0 Å². The molecule has 1 aliphatic heterocycles. The second kappa shape index (κ2) is 9.14. The Labute approximate surface area is 195 Å². The molecule has 2 heterocycles. The van der Waals surface area contributed by atoms with E-state index in [1.165, 1.54) is 21.9 Å². The van der Waals surface area contributed by atoms with E-state index in [0.717, 1.165) is 35.7 Å². The van der Waals surface area contributed by atoms with Crippen molar-refractivity contribution < 1.29 is 4.74 Å². The number of benzene rings is 3. The molecule has 0 amide bonds. The smallest absolute Gasteiger partial charge is 0.124 e. The van der Waals surface area contributed by atoms with E-state index in [2.05, 4.69) is 90.5 Å². The minimum Gasteiger partial charge on any atom is -0.497 e. The molecule has 33 heavy (non-hydrogen) atoms. The summed E-state index contributed by atoms with van der Waals surface area (Å²) in [6.07, 6.45) is 0. The predicted molar refractivity (Wildman–Crippen MR) is 134 cm³/mol. The van der Waals surface area contributed by atoms with E-state index in [9.17, 15) is 0 Å². The predicted octanol–water partition coefficient (Wildman–Crippen LogP) is 4.79. The number of imidazole rings is 1. The van der Waals surface area contributed by atoms with Crippen LogP contribution in [-0.4, -0.2) is 30.2 Å². The molecule has 6 nitrogen and oxygen atoms in total. The number of hydrogen-bond donors (Lipinski definition) is 4. The van der Waals surface area contributed by atoms with Crippen LogP contribution < -0.4 is 20.9 Å². The number of ether oxygens (including phenoxy) is 1. The summed E-state index contributed by atoms with van der Waals surface area (Å²) in [5, 5.41) is 6.24. The highest BCUT2D eigenvalue weighted by Gasteiger charge is 2.30. The molecule has 0 bridgehead atoms. The van der Waals surface area contributed by atoms with Crippen molar-refractivity contribution in [2.24, 2.45) is 11.8 Å². The Morgan fingerprint density at radius 3 is 2.70 bits per heavy atom. The first-order valence-electron chi connectivity index (χ1n) is 11.8. The third-order valence-electron chi connectivity index (χ3n) is 6.74. The molecule has 3 aromatic carbocycles. The van der Waals surface area contributed by atoms with Crippen molar-refractivity contribution in [3.8, 4) is 5.75 Å². The van der Waals surface area contributed by atoms with Crippen LogP contribution in [-0.2, 0) is 0 Å². The summed E-state index contributed by atoms with van der Waals surface area (Å²) in [4.78, 5) is 8.44. The van der Waals surface area contributed by atoms with Gasteiger partial charge in [0.1, 0.15) is 11.6 Å². The Bertz CT molecular complexity index is 1260. The van der Waals surface area contributed by atoms with Gasteiger partial charge >= 0.3 is 0 Å². The molecule has 0 aliphatic carbocycles. The number of aromatic nitrogens is 2. The summed E-state index contributed by atoms with van der Waals surface area (Å²) in [5.41, 5.74) is 11.5. The van der Waals surface area contributed by atoms with Gasteiger partial charge in [-0.3, -0.25) is 5.43 Å². The summed E-state index contributed by atoms with van der Waals surface area (Å²) in [6.45, 7) is 8.42. The van der Waals surface area contributed by atoms with Crippen LogP contribution in [0.1, 0.15) is 42.9 Å². The number of hydrogen-bond acceptors (Lipinski definition) is 5. The lowest BCUT2D eigenvalue weighted by Crippen LogP contribution is -2.34. The van der Waals surface area contributed by atoms with E-state index in [-0.39, 0.29) is 12.1 Å². The number of hydrazine groups is 1. The van der Waals surface area contributed by atoms with Crippen LogP contribution in [0.15, 0.2) is 54.6 Å². The Hall–Kier alpha value is -2.93. The number of H-pyrrole nitrogens is 1. The fourth-order valence-corrected chi connectivity index (χ4v) is 4.86. The number of aromatic amines is 1. The first kappa shape index (κ1) is 21.9. The monoisotopic (exact) mass is 443 g/mol. The van der Waals surface area contributed by atoms with Crippen LogP contribution in [0.25, 0.3) is 21.8 Å². The van der Waals surface area contributed by atoms with Crippen molar-refractivity contribution in [2.45, 2.75) is 32.9 Å². The maximum absolute atomic E-state index is 5.37. The van der Waals surface area contributed by atoms with Gasteiger partial charge in [-0.05, 0) is 65.1 Å². The molecule has 1 fully saturated rings. The molecule has 0 radical (unpaired) electrons. The molecule has 0 spiro atoms. The van der Waals surface area contributed by atoms with Gasteiger partial charge in [-0.1, -0.05) is 38.1 Å². The maximum atomic E-state index is 5.37. The summed E-state index contributed by atoms with van der Waals surface area (Å²) < 4.78 is 5.37. The molecule has 4 N–H and O–H groups in total. The third-order valence-corrected chi connectivity index (χ3v) is 6.74. The zero-order valence-corrected chi connectivity index (χ0v) is 19.8. The van der Waals surface area contributed by atoms with E-state index in [4.69, 9.17) is 9.72 Å². The van der Waals surface area contributed by atoms with Gasteiger partial charge in [-0.15, -0.1) is 0 Å². The first-order chi connectivity index (χ1) is 16.0. The lowest BCUT2D eigenvalue weighted by Gasteiger charge is -2.25. The second-order valence-electron chi connectivity index (χ2n) is 9.51. The van der Waals surface area contributed by atoms with Gasteiger partial charge in [0.15, 0.2) is 0 Å². The van der Waals surface area contributed by atoms with Crippen LogP contribution in [0.5, 0.6) is 5.75 Å². The van der Waals surface area contributed by atoms with E-state index in [0.29, 0.717) is 11.8 Å². The maximum Gasteiger partial charge on any atom is 0.124 e. The molecule has 6 heteroatoms. The fraction of sp³-hybridized carbons (Fsp3) is 0.370. The van der Waals surface area contributed by atoms with Gasteiger partial charge < -0.3 is 15.0 Å². The van der Waals surface area contributed by atoms with Crippen molar-refractivity contribution in [1.29, 1.82) is 0 Å². The molecular weight excluding hydrogens is 410 g/mol. The van der Waals surface area contributed by atoms with Crippen LogP contribution in [0.3, 0.4) is 0 Å². The number of aryl methyl sites for hydroxylation is 1. The molecule has 1 saturated heterocycles. The highest BCUT2D eigenvalue weighted by Crippen LogP contribution is 2.30. The molecule has 1 aromatic heterocycles. The van der Waals surface area contributed by atoms with Crippen LogP contribution in [0, 0.1) is 18.8 Å². The number of rotatable bonds is 7. The van der Waals surface area contributed by atoms with Crippen LogP contribution in [0.2, 0.25) is 0 Å². The molecule has 3 atom stereocenters. The lowest BCUT2D eigenvalue weighted by molar-refractivity contribution is 0.350. The number of nitrogens with one attached hydrogen (secondary N) is 4. The van der Waals surface area contributed by atoms with E-state index in [1.54, 1.807) is 7.11 Å². The molecule has 172 valence electrons. The number of fused-ring (bicyclic) bond motifs is 2. The fourth-order valence-electron chi connectivity index (χ4n) is 4.86.